The van der Waals surface area contributed by atoms with E-state index in [-0.39, 0.29) is 25.7 Å². The maximum Gasteiger partial charge on any atom is 0.472 e. The third-order valence-corrected chi connectivity index (χ3v) is 19.7. The molecule has 19 heteroatoms. The number of unbranched alkanes of at least 4 members (excludes halogenated alkanes) is 40. The van der Waals surface area contributed by atoms with Crippen LogP contribution in [0.3, 0.4) is 0 Å². The molecule has 0 rings (SSSR count). The number of carbonyl (C=O) groups excluding carboxylic acids is 4. The molecule has 0 aromatic heterocycles. The summed E-state index contributed by atoms with van der Waals surface area (Å²) in [5.74, 6) is 0.907. The Morgan fingerprint density at radius 2 is 0.438 bits per heavy atom. The van der Waals surface area contributed by atoms with Crippen molar-refractivity contribution in [1.82, 2.24) is 0 Å². The van der Waals surface area contributed by atoms with Crippen LogP contribution < -0.4 is 0 Å². The van der Waals surface area contributed by atoms with Crippen molar-refractivity contribution in [2.24, 2.45) is 23.7 Å². The lowest BCUT2D eigenvalue weighted by Crippen LogP contribution is -2.30. The summed E-state index contributed by atoms with van der Waals surface area (Å²) in [6.07, 6.45) is 51.5. The van der Waals surface area contributed by atoms with Gasteiger partial charge < -0.3 is 33.8 Å². The lowest BCUT2D eigenvalue weighted by molar-refractivity contribution is -0.161. The van der Waals surface area contributed by atoms with E-state index in [1.807, 2.05) is 0 Å². The van der Waals surface area contributed by atoms with Gasteiger partial charge in [0.05, 0.1) is 26.4 Å². The summed E-state index contributed by atoms with van der Waals surface area (Å²) in [5, 5.41) is 10.6. The van der Waals surface area contributed by atoms with Crippen molar-refractivity contribution in [2.45, 2.75) is 408 Å². The molecule has 0 saturated carbocycles. The molecule has 96 heavy (non-hydrogen) atoms. The van der Waals surface area contributed by atoms with Crippen molar-refractivity contribution < 1.29 is 80.2 Å². The van der Waals surface area contributed by atoms with Crippen molar-refractivity contribution in [3.8, 4) is 0 Å². The molecule has 0 saturated heterocycles. The predicted molar refractivity (Wildman–Crippen MR) is 391 cm³/mol. The Balaban J connectivity index is 5.23. The van der Waals surface area contributed by atoms with Gasteiger partial charge in [-0.15, -0.1) is 0 Å². The van der Waals surface area contributed by atoms with Gasteiger partial charge in [0, 0.05) is 25.7 Å². The fourth-order valence-corrected chi connectivity index (χ4v) is 13.3. The molecule has 0 aromatic rings. The highest BCUT2D eigenvalue weighted by Crippen LogP contribution is 2.45. The Kier molecular flexibility index (Phi) is 65.0. The van der Waals surface area contributed by atoms with Crippen molar-refractivity contribution in [3.63, 3.8) is 0 Å². The van der Waals surface area contributed by atoms with Crippen molar-refractivity contribution in [1.29, 1.82) is 0 Å². The quantitative estimate of drug-likeness (QED) is 0.0222. The topological polar surface area (TPSA) is 237 Å². The second kappa shape index (κ2) is 66.3. The van der Waals surface area contributed by atoms with E-state index in [9.17, 15) is 43.2 Å². The number of hydrogen-bond acceptors (Lipinski definition) is 15. The molecule has 0 heterocycles. The lowest BCUT2D eigenvalue weighted by Gasteiger charge is -2.21. The third-order valence-electron chi connectivity index (χ3n) is 17.8. The van der Waals surface area contributed by atoms with E-state index in [2.05, 4.69) is 55.4 Å². The van der Waals surface area contributed by atoms with Gasteiger partial charge in [-0.1, -0.05) is 338 Å². The lowest BCUT2D eigenvalue weighted by atomic mass is 10.0. The summed E-state index contributed by atoms with van der Waals surface area (Å²) in [6.45, 7) is 14.2. The Bertz CT molecular complexity index is 1880. The molecule has 0 fully saturated rings. The van der Waals surface area contributed by atoms with Crippen LogP contribution in [-0.2, 0) is 65.4 Å². The Hall–Kier alpha value is -1.94. The van der Waals surface area contributed by atoms with Crippen molar-refractivity contribution in [2.75, 3.05) is 39.6 Å². The minimum Gasteiger partial charge on any atom is -0.462 e. The molecule has 3 N–H and O–H groups in total. The van der Waals surface area contributed by atoms with E-state index >= 15 is 0 Å². The summed E-state index contributed by atoms with van der Waals surface area (Å²) in [4.78, 5) is 72.8. The molecule has 0 aliphatic heterocycles. The summed E-state index contributed by atoms with van der Waals surface area (Å²) in [7, 11) is -9.91. The number of phosphoric acid groups is 2. The summed E-state index contributed by atoms with van der Waals surface area (Å²) in [6, 6.07) is 0. The zero-order valence-electron chi connectivity index (χ0n) is 63.0. The van der Waals surface area contributed by atoms with E-state index in [1.165, 1.54) is 186 Å². The van der Waals surface area contributed by atoms with Crippen LogP contribution in [0.25, 0.3) is 0 Å². The van der Waals surface area contributed by atoms with Crippen molar-refractivity contribution in [3.05, 3.63) is 0 Å². The van der Waals surface area contributed by atoms with E-state index in [1.54, 1.807) is 0 Å². The first kappa shape index (κ1) is 94.1. The van der Waals surface area contributed by atoms with Crippen LogP contribution in [0.1, 0.15) is 389 Å². The van der Waals surface area contributed by atoms with Crippen LogP contribution in [0.2, 0.25) is 0 Å². The number of esters is 4. The number of carbonyl (C=O) groups is 4. The molecular weight excluding hydrogens is 1260 g/mol. The first-order valence-corrected chi connectivity index (χ1v) is 42.7. The molecule has 0 radical (unpaired) electrons. The minimum atomic E-state index is -4.96. The molecular formula is C77H150O17P2. The molecule has 17 nitrogen and oxygen atoms in total. The van der Waals surface area contributed by atoms with Crippen LogP contribution >= 0.6 is 15.6 Å². The fourth-order valence-electron chi connectivity index (χ4n) is 11.7. The largest absolute Gasteiger partial charge is 0.472 e. The van der Waals surface area contributed by atoms with Gasteiger partial charge in [0.25, 0.3) is 0 Å². The van der Waals surface area contributed by atoms with Gasteiger partial charge in [0.2, 0.25) is 0 Å². The molecule has 0 aliphatic rings. The van der Waals surface area contributed by atoms with Gasteiger partial charge in [0.15, 0.2) is 12.2 Å². The zero-order valence-corrected chi connectivity index (χ0v) is 64.8. The molecule has 0 spiro atoms. The summed E-state index contributed by atoms with van der Waals surface area (Å²) >= 11 is 0. The van der Waals surface area contributed by atoms with Gasteiger partial charge in [0.1, 0.15) is 19.3 Å². The first-order chi connectivity index (χ1) is 46.1. The Labute approximate surface area is 588 Å². The number of phosphoric ester groups is 2. The Morgan fingerprint density at radius 1 is 0.260 bits per heavy atom. The number of ether oxygens (including phenoxy) is 4. The SMILES string of the molecule is CC(C)CCCCCCCCCCCCCCCCC(=O)O[C@H](COC(=O)CCCCCCCCCCCCC(C)C)COP(=O)(O)OC[C@@H](O)COP(=O)(O)OC[C@@H](COC(=O)CCCCCCCCC(C)C)OC(=O)CCCCCCCCCCCCCCCCC(C)C. The first-order valence-electron chi connectivity index (χ1n) is 39.7. The predicted octanol–water partition coefficient (Wildman–Crippen LogP) is 22.4. The molecule has 0 aromatic carbocycles. The standard InChI is InChI=1S/C77H150O17P2/c1-67(2)53-45-37-29-23-17-13-9-11-15-19-27-33-43-51-59-76(81)93-72(63-87-74(79)57-49-41-32-26-22-21-25-31-39-47-55-69(5)6)65-91-95(83,84)89-61-71(78)62-90-96(85,86)92-66-73(64-88-75(80)58-50-42-36-35-40-48-56-70(7)8)94-77(82)60-52-44-34-28-20-16-12-10-14-18-24-30-38-46-54-68(3)4/h67-73,78H,9-66H2,1-8H3,(H,83,84)(H,85,86)/t71-,72-,73-/m1/s1. The minimum absolute atomic E-state index is 0.106. The van der Waals surface area contributed by atoms with E-state index in [0.29, 0.717) is 31.6 Å². The highest BCUT2D eigenvalue weighted by atomic mass is 31.2. The average molecular weight is 1410 g/mol. The van der Waals surface area contributed by atoms with Crippen LogP contribution in [-0.4, -0.2) is 96.7 Å². The Morgan fingerprint density at radius 3 is 0.646 bits per heavy atom. The smallest absolute Gasteiger partial charge is 0.462 e. The molecule has 0 amide bonds. The van der Waals surface area contributed by atoms with Crippen LogP contribution in [0, 0.1) is 23.7 Å². The maximum atomic E-state index is 13.1. The number of aliphatic hydroxyl groups excluding tert-OH is 1. The molecule has 2 unspecified atom stereocenters. The molecule has 570 valence electrons. The van der Waals surface area contributed by atoms with Gasteiger partial charge >= 0.3 is 39.5 Å². The number of rotatable bonds is 74. The van der Waals surface area contributed by atoms with E-state index < -0.39 is 97.5 Å². The zero-order chi connectivity index (χ0) is 71.0. The van der Waals surface area contributed by atoms with E-state index in [0.717, 1.165) is 114 Å². The maximum absolute atomic E-state index is 13.1. The van der Waals surface area contributed by atoms with Crippen LogP contribution in [0.15, 0.2) is 0 Å². The van der Waals surface area contributed by atoms with Gasteiger partial charge in [-0.3, -0.25) is 37.3 Å². The average Bonchev–Trinajstić information content (AvgIpc) is 1.22. The molecule has 0 bridgehead atoms. The fraction of sp³-hybridized carbons (Fsp3) is 0.948. The summed E-state index contributed by atoms with van der Waals surface area (Å²) in [5.41, 5.74) is 0. The normalized spacial score (nSPS) is 14.1. The highest BCUT2D eigenvalue weighted by molar-refractivity contribution is 7.47. The monoisotopic (exact) mass is 1410 g/mol. The third kappa shape index (κ3) is 70.5. The van der Waals surface area contributed by atoms with Gasteiger partial charge in [-0.25, -0.2) is 9.13 Å². The number of aliphatic hydroxyl groups is 1. The second-order valence-corrected chi connectivity index (χ2v) is 32.6. The summed E-state index contributed by atoms with van der Waals surface area (Å²) < 4.78 is 68.5. The van der Waals surface area contributed by atoms with Crippen molar-refractivity contribution >= 4 is 39.5 Å². The van der Waals surface area contributed by atoms with Gasteiger partial charge in [-0.2, -0.15) is 0 Å². The molecule has 0 aliphatic carbocycles. The number of hydrogen-bond donors (Lipinski definition) is 3. The van der Waals surface area contributed by atoms with E-state index in [4.69, 9.17) is 37.0 Å². The molecule has 5 atom stereocenters. The van der Waals surface area contributed by atoms with Crippen LogP contribution in [0.4, 0.5) is 0 Å². The van der Waals surface area contributed by atoms with Gasteiger partial charge in [-0.05, 0) is 49.4 Å². The van der Waals surface area contributed by atoms with Crippen LogP contribution in [0.5, 0.6) is 0 Å². The highest BCUT2D eigenvalue weighted by Gasteiger charge is 2.30. The second-order valence-electron chi connectivity index (χ2n) is 29.7.